The highest BCUT2D eigenvalue weighted by atomic mass is 16.5. The number of hydrogen-bond donors (Lipinski definition) is 3. The molecule has 168 valence electrons. The van der Waals surface area contributed by atoms with Crippen LogP contribution in [0.15, 0.2) is 55.1 Å². The fourth-order valence-corrected chi connectivity index (χ4v) is 4.61. The number of benzene rings is 2. The quantitative estimate of drug-likeness (QED) is 0.352. The maximum absolute atomic E-state index is 12.2. The standard InChI is InChI=1S/C25H30N4O3/c1-2-11-28-12-10-22(16-28)32-21-7-5-18(6-8-21)23(24(30)31)19-4-3-17-9-13-29(25(26)27)15-20(17)14-19/h2-8,14,22-23H,1,9-13,15-16H2,(H3,26,27)(H,30,31). The highest BCUT2D eigenvalue weighted by Gasteiger charge is 2.26. The fraction of sp³-hybridized carbons (Fsp3) is 0.360. The van der Waals surface area contributed by atoms with Gasteiger partial charge in [-0.2, -0.15) is 0 Å². The van der Waals surface area contributed by atoms with Crippen LogP contribution in [0, 0.1) is 5.41 Å². The Labute approximate surface area is 188 Å². The Hall–Kier alpha value is -3.32. The number of carboxylic acid groups (broad SMARTS) is 1. The highest BCUT2D eigenvalue weighted by molar-refractivity contribution is 5.80. The molecule has 2 unspecified atom stereocenters. The van der Waals surface area contributed by atoms with Gasteiger partial charge in [-0.25, -0.2) is 0 Å². The minimum absolute atomic E-state index is 0.0429. The van der Waals surface area contributed by atoms with E-state index in [1.165, 1.54) is 5.56 Å². The summed E-state index contributed by atoms with van der Waals surface area (Å²) in [6, 6.07) is 13.2. The van der Waals surface area contributed by atoms with E-state index < -0.39 is 11.9 Å². The molecule has 0 spiro atoms. The van der Waals surface area contributed by atoms with Gasteiger partial charge in [0.2, 0.25) is 0 Å². The Bertz CT molecular complexity index is 1000. The Morgan fingerprint density at radius 1 is 1.22 bits per heavy atom. The molecular weight excluding hydrogens is 404 g/mol. The van der Waals surface area contributed by atoms with Gasteiger partial charge in [0.1, 0.15) is 17.8 Å². The Morgan fingerprint density at radius 3 is 2.66 bits per heavy atom. The summed E-state index contributed by atoms with van der Waals surface area (Å²) >= 11 is 0. The largest absolute Gasteiger partial charge is 0.489 e. The van der Waals surface area contributed by atoms with E-state index in [0.717, 1.165) is 49.4 Å². The van der Waals surface area contributed by atoms with Gasteiger partial charge in [-0.1, -0.05) is 36.4 Å². The average molecular weight is 435 g/mol. The number of likely N-dealkylation sites (tertiary alicyclic amines) is 1. The van der Waals surface area contributed by atoms with Gasteiger partial charge >= 0.3 is 5.97 Å². The van der Waals surface area contributed by atoms with E-state index in [0.29, 0.717) is 18.7 Å². The van der Waals surface area contributed by atoms with Gasteiger partial charge in [-0.3, -0.25) is 15.1 Å². The Balaban J connectivity index is 1.50. The van der Waals surface area contributed by atoms with E-state index in [9.17, 15) is 9.90 Å². The van der Waals surface area contributed by atoms with Crippen LogP contribution in [-0.2, 0) is 17.8 Å². The summed E-state index contributed by atoms with van der Waals surface area (Å²) in [7, 11) is 0. The van der Waals surface area contributed by atoms with Crippen LogP contribution in [0.4, 0.5) is 0 Å². The molecule has 2 aliphatic rings. The van der Waals surface area contributed by atoms with Gasteiger partial charge in [-0.15, -0.1) is 6.58 Å². The second kappa shape index (κ2) is 9.44. The van der Waals surface area contributed by atoms with Crippen LogP contribution in [0.1, 0.15) is 34.6 Å². The van der Waals surface area contributed by atoms with Gasteiger partial charge in [-0.05, 0) is 47.2 Å². The molecule has 0 bridgehead atoms. The molecule has 2 atom stereocenters. The molecule has 4 N–H and O–H groups in total. The lowest BCUT2D eigenvalue weighted by molar-refractivity contribution is -0.137. The zero-order chi connectivity index (χ0) is 22.7. The summed E-state index contributed by atoms with van der Waals surface area (Å²) in [4.78, 5) is 16.3. The summed E-state index contributed by atoms with van der Waals surface area (Å²) in [5.74, 6) is -0.863. The maximum atomic E-state index is 12.2. The Morgan fingerprint density at radius 2 is 1.97 bits per heavy atom. The predicted molar refractivity (Wildman–Crippen MR) is 124 cm³/mol. The van der Waals surface area contributed by atoms with E-state index >= 15 is 0 Å². The molecule has 0 radical (unpaired) electrons. The van der Waals surface area contributed by atoms with Crippen molar-refractivity contribution in [2.24, 2.45) is 5.73 Å². The zero-order valence-electron chi connectivity index (χ0n) is 18.2. The van der Waals surface area contributed by atoms with E-state index in [2.05, 4.69) is 11.5 Å². The Kier molecular flexibility index (Phi) is 6.46. The number of rotatable bonds is 7. The van der Waals surface area contributed by atoms with Crippen LogP contribution in [0.25, 0.3) is 0 Å². The number of fused-ring (bicyclic) bond motifs is 1. The number of nitrogens with one attached hydrogen (secondary N) is 1. The zero-order valence-corrected chi connectivity index (χ0v) is 18.2. The van der Waals surface area contributed by atoms with Crippen molar-refractivity contribution >= 4 is 11.9 Å². The van der Waals surface area contributed by atoms with Crippen LogP contribution in [0.3, 0.4) is 0 Å². The number of ether oxygens (including phenoxy) is 1. The molecule has 1 fully saturated rings. The summed E-state index contributed by atoms with van der Waals surface area (Å²) in [5, 5.41) is 17.7. The highest BCUT2D eigenvalue weighted by Crippen LogP contribution is 2.30. The molecule has 2 aromatic carbocycles. The molecule has 0 saturated carbocycles. The summed E-state index contributed by atoms with van der Waals surface area (Å²) < 4.78 is 6.10. The van der Waals surface area contributed by atoms with Gasteiger partial charge in [0, 0.05) is 32.7 Å². The number of carbonyl (C=O) groups is 1. The lowest BCUT2D eigenvalue weighted by atomic mass is 9.87. The number of guanidine groups is 1. The summed E-state index contributed by atoms with van der Waals surface area (Å²) in [6.45, 7) is 7.76. The minimum Gasteiger partial charge on any atom is -0.489 e. The molecule has 7 nitrogen and oxygen atoms in total. The molecule has 2 aromatic rings. The minimum atomic E-state index is -0.895. The summed E-state index contributed by atoms with van der Waals surface area (Å²) in [5.41, 5.74) is 9.30. The lowest BCUT2D eigenvalue weighted by Gasteiger charge is -2.29. The first-order valence-corrected chi connectivity index (χ1v) is 11.0. The van der Waals surface area contributed by atoms with Crippen molar-refractivity contribution in [3.63, 3.8) is 0 Å². The molecule has 2 heterocycles. The number of nitrogens with zero attached hydrogens (tertiary/aromatic N) is 2. The predicted octanol–water partition coefficient (Wildman–Crippen LogP) is 2.79. The van der Waals surface area contributed by atoms with Crippen LogP contribution >= 0.6 is 0 Å². The third-order valence-electron chi connectivity index (χ3n) is 6.30. The molecule has 0 aromatic heterocycles. The number of aliphatic carboxylic acids is 1. The van der Waals surface area contributed by atoms with Crippen LogP contribution < -0.4 is 10.5 Å². The van der Waals surface area contributed by atoms with Gasteiger partial charge in [0.25, 0.3) is 0 Å². The second-order valence-corrected chi connectivity index (χ2v) is 8.50. The first-order valence-electron chi connectivity index (χ1n) is 11.0. The van der Waals surface area contributed by atoms with Crippen molar-refractivity contribution in [2.75, 3.05) is 26.2 Å². The topological polar surface area (TPSA) is 103 Å². The van der Waals surface area contributed by atoms with Crippen molar-refractivity contribution < 1.29 is 14.6 Å². The molecule has 1 saturated heterocycles. The van der Waals surface area contributed by atoms with Crippen molar-refractivity contribution in [1.82, 2.24) is 9.80 Å². The van der Waals surface area contributed by atoms with E-state index in [1.807, 2.05) is 48.5 Å². The van der Waals surface area contributed by atoms with Crippen molar-refractivity contribution in [3.8, 4) is 5.75 Å². The fourth-order valence-electron chi connectivity index (χ4n) is 4.61. The van der Waals surface area contributed by atoms with Crippen LogP contribution in [0.5, 0.6) is 5.75 Å². The van der Waals surface area contributed by atoms with E-state index in [4.69, 9.17) is 15.9 Å². The third-order valence-corrected chi connectivity index (χ3v) is 6.30. The normalized spacial score (nSPS) is 19.2. The van der Waals surface area contributed by atoms with E-state index in [1.54, 1.807) is 4.90 Å². The second-order valence-electron chi connectivity index (χ2n) is 8.50. The van der Waals surface area contributed by atoms with Crippen LogP contribution in [0.2, 0.25) is 0 Å². The smallest absolute Gasteiger partial charge is 0.315 e. The van der Waals surface area contributed by atoms with Crippen molar-refractivity contribution in [3.05, 3.63) is 77.4 Å². The molecule has 0 amide bonds. The van der Waals surface area contributed by atoms with Gasteiger partial charge in [0.15, 0.2) is 5.96 Å². The number of nitrogens with two attached hydrogens (primary N) is 1. The van der Waals surface area contributed by atoms with Gasteiger partial charge < -0.3 is 20.5 Å². The van der Waals surface area contributed by atoms with Crippen molar-refractivity contribution in [2.45, 2.75) is 31.4 Å². The average Bonchev–Trinajstić information content (AvgIpc) is 3.21. The SMILES string of the molecule is C=CCN1CCC(Oc2ccc(C(C(=O)O)c3ccc4c(c3)CN(C(=N)N)CC4)cc2)C1. The maximum Gasteiger partial charge on any atom is 0.315 e. The molecule has 32 heavy (non-hydrogen) atoms. The van der Waals surface area contributed by atoms with Gasteiger partial charge in [0.05, 0.1) is 0 Å². The first-order chi connectivity index (χ1) is 15.4. The summed E-state index contributed by atoms with van der Waals surface area (Å²) in [6.07, 6.45) is 3.81. The molecule has 4 rings (SSSR count). The monoisotopic (exact) mass is 434 g/mol. The van der Waals surface area contributed by atoms with E-state index in [-0.39, 0.29) is 12.1 Å². The molecule has 7 heteroatoms. The first kappa shape index (κ1) is 21.9. The molecular formula is C25H30N4O3. The van der Waals surface area contributed by atoms with Crippen molar-refractivity contribution in [1.29, 1.82) is 5.41 Å². The van der Waals surface area contributed by atoms with Crippen LogP contribution in [-0.4, -0.2) is 59.1 Å². The number of hydrogen-bond acceptors (Lipinski definition) is 4. The third kappa shape index (κ3) is 4.78. The lowest BCUT2D eigenvalue weighted by Crippen LogP contribution is -2.40. The molecule has 0 aliphatic carbocycles. The molecule has 2 aliphatic heterocycles. The number of carboxylic acids is 1.